The largest absolute Gasteiger partial charge is 0.486 e. The average Bonchev–Trinajstić information content (AvgIpc) is 3.23. The first-order chi connectivity index (χ1) is 14.1. The van der Waals surface area contributed by atoms with Gasteiger partial charge < -0.3 is 15.4 Å². The van der Waals surface area contributed by atoms with Gasteiger partial charge in [0, 0.05) is 32.2 Å². The van der Waals surface area contributed by atoms with E-state index in [1.807, 2.05) is 6.92 Å². The minimum absolute atomic E-state index is 0. The average molecular weight is 546 g/mol. The fraction of sp³-hybridized carbons (Fsp3) is 0.500. The second-order valence-corrected chi connectivity index (χ2v) is 8.18. The van der Waals surface area contributed by atoms with E-state index in [0.717, 1.165) is 45.0 Å². The molecule has 0 saturated carbocycles. The van der Waals surface area contributed by atoms with Gasteiger partial charge in [0.25, 0.3) is 0 Å². The van der Waals surface area contributed by atoms with Gasteiger partial charge in [-0.05, 0) is 61.2 Å². The van der Waals surface area contributed by atoms with Crippen molar-refractivity contribution in [1.29, 1.82) is 0 Å². The van der Waals surface area contributed by atoms with Crippen LogP contribution in [0.4, 0.5) is 4.39 Å². The maximum Gasteiger partial charge on any atom is 0.191 e. The molecule has 3 rings (SSSR count). The zero-order valence-corrected chi connectivity index (χ0v) is 20.8. The Bertz CT molecular complexity index is 766. The molecule has 1 aromatic heterocycles. The van der Waals surface area contributed by atoms with Gasteiger partial charge in [-0.3, -0.25) is 4.90 Å². The van der Waals surface area contributed by atoms with Crippen LogP contribution in [0.5, 0.6) is 5.75 Å². The van der Waals surface area contributed by atoms with Gasteiger partial charge in [-0.2, -0.15) is 11.3 Å². The Kier molecular flexibility index (Phi) is 10.9. The number of rotatable bonds is 8. The van der Waals surface area contributed by atoms with E-state index in [2.05, 4.69) is 44.3 Å². The van der Waals surface area contributed by atoms with E-state index in [1.165, 1.54) is 11.6 Å². The molecule has 1 aliphatic rings. The smallest absolute Gasteiger partial charge is 0.191 e. The summed E-state index contributed by atoms with van der Waals surface area (Å²) < 4.78 is 19.4. The summed E-state index contributed by atoms with van der Waals surface area (Å²) in [6, 6.07) is 9.09. The Morgan fingerprint density at radius 3 is 2.73 bits per heavy atom. The Morgan fingerprint density at radius 2 is 2.07 bits per heavy atom. The number of halogens is 2. The highest BCUT2D eigenvalue weighted by molar-refractivity contribution is 14.0. The molecule has 0 bridgehead atoms. The summed E-state index contributed by atoms with van der Waals surface area (Å²) in [4.78, 5) is 7.16. The molecule has 2 N–H and O–H groups in total. The van der Waals surface area contributed by atoms with Crippen LogP contribution in [0.25, 0.3) is 0 Å². The number of ether oxygens (including phenoxy) is 1. The number of nitrogens with zero attached hydrogens (tertiary/aromatic N) is 2. The molecular formula is C22H32FIN4OS. The summed E-state index contributed by atoms with van der Waals surface area (Å²) >= 11 is 1.76. The first-order valence-corrected chi connectivity index (χ1v) is 11.3. The summed E-state index contributed by atoms with van der Waals surface area (Å²) in [6.45, 7) is 8.42. The summed E-state index contributed by atoms with van der Waals surface area (Å²) in [5, 5.41) is 11.2. The molecule has 5 nitrogen and oxygen atoms in total. The zero-order valence-electron chi connectivity index (χ0n) is 17.6. The van der Waals surface area contributed by atoms with Gasteiger partial charge in [0.05, 0.1) is 6.54 Å². The van der Waals surface area contributed by atoms with E-state index in [1.54, 1.807) is 29.5 Å². The number of para-hydroxylation sites is 1. The van der Waals surface area contributed by atoms with Gasteiger partial charge in [-0.25, -0.2) is 9.38 Å². The summed E-state index contributed by atoms with van der Waals surface area (Å²) in [7, 11) is 0. The SMILES string of the molecule is CCNC(=NCC(C)Oc1ccccc1F)NC1CCN(Cc2ccsc2)CC1.I. The van der Waals surface area contributed by atoms with Crippen LogP contribution in [0, 0.1) is 5.82 Å². The molecule has 1 fully saturated rings. The van der Waals surface area contributed by atoms with Crippen LogP contribution in [0.15, 0.2) is 46.1 Å². The lowest BCUT2D eigenvalue weighted by Gasteiger charge is -2.33. The van der Waals surface area contributed by atoms with Crippen LogP contribution in [0.3, 0.4) is 0 Å². The molecule has 2 heterocycles. The molecule has 0 aliphatic carbocycles. The van der Waals surface area contributed by atoms with E-state index in [0.29, 0.717) is 12.6 Å². The summed E-state index contributed by atoms with van der Waals surface area (Å²) in [5.74, 6) is 0.724. The molecule has 1 aliphatic heterocycles. The van der Waals surface area contributed by atoms with Crippen LogP contribution in [0.2, 0.25) is 0 Å². The van der Waals surface area contributed by atoms with Crippen LogP contribution in [-0.4, -0.2) is 49.2 Å². The van der Waals surface area contributed by atoms with E-state index in [9.17, 15) is 4.39 Å². The maximum atomic E-state index is 13.7. The molecule has 30 heavy (non-hydrogen) atoms. The second-order valence-electron chi connectivity index (χ2n) is 7.40. The van der Waals surface area contributed by atoms with Gasteiger partial charge in [0.15, 0.2) is 17.5 Å². The molecule has 1 aromatic carbocycles. The van der Waals surface area contributed by atoms with Crippen LogP contribution in [0.1, 0.15) is 32.3 Å². The fourth-order valence-corrected chi connectivity index (χ4v) is 4.06. The van der Waals surface area contributed by atoms with Crippen molar-refractivity contribution >= 4 is 41.3 Å². The predicted molar refractivity (Wildman–Crippen MR) is 134 cm³/mol. The number of aliphatic imine (C=N–C) groups is 1. The van der Waals surface area contributed by atoms with Crippen LogP contribution in [-0.2, 0) is 6.54 Å². The molecule has 1 saturated heterocycles. The predicted octanol–water partition coefficient (Wildman–Crippen LogP) is 4.49. The third-order valence-corrected chi connectivity index (χ3v) is 5.66. The number of likely N-dealkylation sites (tertiary alicyclic amines) is 1. The number of nitrogens with one attached hydrogen (secondary N) is 2. The molecule has 1 atom stereocenters. The lowest BCUT2D eigenvalue weighted by Crippen LogP contribution is -2.48. The van der Waals surface area contributed by atoms with Crippen molar-refractivity contribution in [2.45, 2.75) is 45.4 Å². The topological polar surface area (TPSA) is 48.9 Å². The van der Waals surface area contributed by atoms with Crippen molar-refractivity contribution in [3.05, 3.63) is 52.5 Å². The number of guanidine groups is 1. The Labute approximate surface area is 200 Å². The van der Waals surface area contributed by atoms with Gasteiger partial charge in [0.1, 0.15) is 6.10 Å². The lowest BCUT2D eigenvalue weighted by atomic mass is 10.0. The normalized spacial score (nSPS) is 16.6. The second kappa shape index (κ2) is 13.1. The summed E-state index contributed by atoms with van der Waals surface area (Å²) in [6.07, 6.45) is 1.97. The minimum Gasteiger partial charge on any atom is -0.486 e. The minimum atomic E-state index is -0.345. The van der Waals surface area contributed by atoms with Gasteiger partial charge in [-0.15, -0.1) is 24.0 Å². The molecule has 166 valence electrons. The molecule has 0 spiro atoms. The quantitative estimate of drug-likeness (QED) is 0.291. The lowest BCUT2D eigenvalue weighted by molar-refractivity contribution is 0.198. The molecule has 0 amide bonds. The highest BCUT2D eigenvalue weighted by atomic mass is 127. The number of piperidine rings is 1. The molecule has 8 heteroatoms. The first kappa shape index (κ1) is 24.9. The van der Waals surface area contributed by atoms with Gasteiger partial charge >= 0.3 is 0 Å². The monoisotopic (exact) mass is 546 g/mol. The van der Waals surface area contributed by atoms with Crippen molar-refractivity contribution in [2.75, 3.05) is 26.2 Å². The summed E-state index contributed by atoms with van der Waals surface area (Å²) in [5.41, 5.74) is 1.40. The van der Waals surface area contributed by atoms with Crippen LogP contribution < -0.4 is 15.4 Å². The third kappa shape index (κ3) is 8.03. The van der Waals surface area contributed by atoms with Gasteiger partial charge in [0.2, 0.25) is 0 Å². The molecule has 2 aromatic rings. The first-order valence-electron chi connectivity index (χ1n) is 10.3. The molecule has 0 radical (unpaired) electrons. The standard InChI is InChI=1S/C22H31FN4OS.HI/c1-3-24-22(25-14-17(2)28-21-7-5-4-6-20(21)23)26-19-8-11-27(12-9-19)15-18-10-13-29-16-18;/h4-7,10,13,16-17,19H,3,8-9,11-12,14-15H2,1-2H3,(H2,24,25,26);1H. The van der Waals surface area contributed by atoms with E-state index >= 15 is 0 Å². The van der Waals surface area contributed by atoms with E-state index in [4.69, 9.17) is 4.74 Å². The van der Waals surface area contributed by atoms with Crippen LogP contribution >= 0.6 is 35.3 Å². The molecular weight excluding hydrogens is 514 g/mol. The molecule has 1 unspecified atom stereocenters. The number of hydrogen-bond acceptors (Lipinski definition) is 4. The number of hydrogen-bond donors (Lipinski definition) is 2. The Balaban J connectivity index is 0.00000320. The number of thiophene rings is 1. The Morgan fingerprint density at radius 1 is 1.30 bits per heavy atom. The fourth-order valence-electron chi connectivity index (χ4n) is 3.40. The van der Waals surface area contributed by atoms with Crippen molar-refractivity contribution in [2.24, 2.45) is 4.99 Å². The van der Waals surface area contributed by atoms with Crippen molar-refractivity contribution in [1.82, 2.24) is 15.5 Å². The highest BCUT2D eigenvalue weighted by Crippen LogP contribution is 2.17. The van der Waals surface area contributed by atoms with Gasteiger partial charge in [-0.1, -0.05) is 12.1 Å². The van der Waals surface area contributed by atoms with Crippen molar-refractivity contribution < 1.29 is 9.13 Å². The number of benzene rings is 1. The zero-order chi connectivity index (χ0) is 20.5. The van der Waals surface area contributed by atoms with Crippen molar-refractivity contribution in [3.63, 3.8) is 0 Å². The maximum absolute atomic E-state index is 13.7. The van der Waals surface area contributed by atoms with E-state index in [-0.39, 0.29) is 41.6 Å². The third-order valence-electron chi connectivity index (χ3n) is 4.93. The highest BCUT2D eigenvalue weighted by Gasteiger charge is 2.20. The van der Waals surface area contributed by atoms with E-state index < -0.39 is 0 Å². The Hall–Kier alpha value is -1.39. The van der Waals surface area contributed by atoms with Crippen molar-refractivity contribution in [3.8, 4) is 5.75 Å².